The van der Waals surface area contributed by atoms with Gasteiger partial charge in [-0.05, 0) is 18.4 Å². The van der Waals surface area contributed by atoms with Crippen molar-refractivity contribution in [3.8, 4) is 0 Å². The smallest absolute Gasteiger partial charge is 0.264 e. The van der Waals surface area contributed by atoms with Crippen LogP contribution in [-0.2, 0) is 29.6 Å². The summed E-state index contributed by atoms with van der Waals surface area (Å²) in [4.78, 5) is 0.749. The molecular formula is C10H16O5S2. The predicted octanol–water partition coefficient (Wildman–Crippen LogP) is 1.56. The minimum Gasteiger partial charge on any atom is -0.347 e. The van der Waals surface area contributed by atoms with Crippen molar-refractivity contribution in [1.29, 1.82) is 0 Å². The number of ether oxygens (including phenoxy) is 2. The summed E-state index contributed by atoms with van der Waals surface area (Å²) in [5.74, 6) is -1.21. The highest BCUT2D eigenvalue weighted by Gasteiger charge is 2.42. The lowest BCUT2D eigenvalue weighted by Gasteiger charge is -2.34. The third kappa shape index (κ3) is 3.26. The first kappa shape index (κ1) is 14.6. The van der Waals surface area contributed by atoms with Crippen molar-refractivity contribution >= 4 is 21.5 Å². The Kier molecular flexibility index (Phi) is 4.68. The average Bonchev–Trinajstić information content (AvgIpc) is 2.71. The molecule has 98 valence electrons. The summed E-state index contributed by atoms with van der Waals surface area (Å²) in [7, 11) is -0.674. The molecule has 0 fully saturated rings. The Morgan fingerprint density at radius 1 is 1.35 bits per heavy atom. The van der Waals surface area contributed by atoms with Crippen LogP contribution in [0, 0.1) is 0 Å². The van der Waals surface area contributed by atoms with Gasteiger partial charge >= 0.3 is 0 Å². The Labute approximate surface area is 105 Å². The molecule has 0 amide bonds. The molecule has 7 heteroatoms. The topological polar surface area (TPSA) is 61.8 Å². The quantitative estimate of drug-likeness (QED) is 0.584. The number of hydrogen-bond donors (Lipinski definition) is 0. The second kappa shape index (κ2) is 5.45. The van der Waals surface area contributed by atoms with Crippen LogP contribution in [0.15, 0.2) is 17.5 Å². The molecule has 0 spiro atoms. The van der Waals surface area contributed by atoms with E-state index in [1.54, 1.807) is 13.0 Å². The maximum Gasteiger partial charge on any atom is 0.264 e. The molecule has 1 aromatic rings. The molecule has 1 unspecified atom stereocenters. The van der Waals surface area contributed by atoms with E-state index < -0.39 is 22.0 Å². The van der Waals surface area contributed by atoms with Crippen molar-refractivity contribution in [2.75, 3.05) is 20.5 Å². The zero-order valence-corrected chi connectivity index (χ0v) is 11.8. The second-order valence-electron chi connectivity index (χ2n) is 3.50. The first-order valence-corrected chi connectivity index (χ1v) is 7.58. The van der Waals surface area contributed by atoms with E-state index >= 15 is 0 Å². The van der Waals surface area contributed by atoms with Crippen molar-refractivity contribution in [2.45, 2.75) is 18.8 Å². The van der Waals surface area contributed by atoms with Crippen LogP contribution in [0.4, 0.5) is 0 Å². The molecule has 1 rings (SSSR count). The standard InChI is InChI=1S/C10H16O5S2/c1-8(15-17(4,11)12)10(13-2,14-3)9-6-5-7-16-9/h5-8H,1-4H3. The Bertz CT molecular complexity index is 433. The zero-order chi connectivity index (χ0) is 13.1. The third-order valence-electron chi connectivity index (χ3n) is 2.33. The molecule has 0 aliphatic carbocycles. The Morgan fingerprint density at radius 3 is 2.29 bits per heavy atom. The molecule has 1 heterocycles. The van der Waals surface area contributed by atoms with Gasteiger partial charge in [-0.25, -0.2) is 0 Å². The fraction of sp³-hybridized carbons (Fsp3) is 0.600. The third-order valence-corrected chi connectivity index (χ3v) is 3.93. The number of rotatable bonds is 6. The molecule has 0 aliphatic heterocycles. The van der Waals surface area contributed by atoms with Gasteiger partial charge in [0.25, 0.3) is 10.1 Å². The van der Waals surface area contributed by atoms with E-state index in [0.29, 0.717) is 0 Å². The lowest BCUT2D eigenvalue weighted by molar-refractivity contribution is -0.255. The highest BCUT2D eigenvalue weighted by Crippen LogP contribution is 2.35. The monoisotopic (exact) mass is 280 g/mol. The van der Waals surface area contributed by atoms with Crippen LogP contribution in [0.25, 0.3) is 0 Å². The first-order valence-electron chi connectivity index (χ1n) is 4.88. The van der Waals surface area contributed by atoms with Crippen molar-refractivity contribution in [3.63, 3.8) is 0 Å². The fourth-order valence-electron chi connectivity index (χ4n) is 1.62. The molecule has 0 aliphatic rings. The lowest BCUT2D eigenvalue weighted by Crippen LogP contribution is -2.43. The minimum absolute atomic E-state index is 0.749. The summed E-state index contributed by atoms with van der Waals surface area (Å²) in [6.07, 6.45) is 0.208. The average molecular weight is 280 g/mol. The van der Waals surface area contributed by atoms with Crippen molar-refractivity contribution in [2.24, 2.45) is 0 Å². The molecule has 0 radical (unpaired) electrons. The molecule has 0 bridgehead atoms. The Morgan fingerprint density at radius 2 is 1.94 bits per heavy atom. The molecule has 0 N–H and O–H groups in total. The van der Waals surface area contributed by atoms with Crippen molar-refractivity contribution in [1.82, 2.24) is 0 Å². The van der Waals surface area contributed by atoms with Gasteiger partial charge in [0.15, 0.2) is 0 Å². The number of thiophene rings is 1. The van der Waals surface area contributed by atoms with Crippen LogP contribution in [0.1, 0.15) is 11.8 Å². The van der Waals surface area contributed by atoms with E-state index in [2.05, 4.69) is 0 Å². The summed E-state index contributed by atoms with van der Waals surface area (Å²) in [6.45, 7) is 1.59. The predicted molar refractivity (Wildman–Crippen MR) is 65.4 cm³/mol. The van der Waals surface area contributed by atoms with Gasteiger partial charge in [-0.2, -0.15) is 8.42 Å². The van der Waals surface area contributed by atoms with Gasteiger partial charge in [-0.1, -0.05) is 6.07 Å². The van der Waals surface area contributed by atoms with Gasteiger partial charge in [0.1, 0.15) is 6.10 Å². The van der Waals surface area contributed by atoms with Gasteiger partial charge < -0.3 is 9.47 Å². The van der Waals surface area contributed by atoms with Crippen LogP contribution >= 0.6 is 11.3 Å². The summed E-state index contributed by atoms with van der Waals surface area (Å²) in [5.41, 5.74) is 0. The fourth-order valence-corrected chi connectivity index (χ4v) is 3.23. The van der Waals surface area contributed by atoms with Gasteiger partial charge in [0.2, 0.25) is 5.79 Å². The van der Waals surface area contributed by atoms with Crippen LogP contribution in [0.2, 0.25) is 0 Å². The normalized spacial score (nSPS) is 14.8. The lowest BCUT2D eigenvalue weighted by atomic mass is 10.1. The van der Waals surface area contributed by atoms with Crippen LogP contribution in [-0.4, -0.2) is 35.0 Å². The van der Waals surface area contributed by atoms with Crippen molar-refractivity contribution in [3.05, 3.63) is 22.4 Å². The number of hydrogen-bond acceptors (Lipinski definition) is 6. The van der Waals surface area contributed by atoms with Crippen LogP contribution in [0.5, 0.6) is 0 Å². The molecule has 17 heavy (non-hydrogen) atoms. The zero-order valence-electron chi connectivity index (χ0n) is 10.2. The van der Waals surface area contributed by atoms with E-state index in [9.17, 15) is 8.42 Å². The van der Waals surface area contributed by atoms with E-state index in [0.717, 1.165) is 11.1 Å². The SMILES string of the molecule is COC(OC)(c1cccs1)C(C)OS(C)(=O)=O. The number of methoxy groups -OCH3 is 2. The summed E-state index contributed by atoms with van der Waals surface area (Å²) < 4.78 is 37.9. The second-order valence-corrected chi connectivity index (χ2v) is 6.04. The Balaban J connectivity index is 3.08. The molecule has 1 aromatic heterocycles. The summed E-state index contributed by atoms with van der Waals surface area (Å²) in [6, 6.07) is 3.64. The molecule has 0 aromatic carbocycles. The van der Waals surface area contributed by atoms with E-state index in [4.69, 9.17) is 13.7 Å². The minimum atomic E-state index is -3.57. The first-order chi connectivity index (χ1) is 7.85. The van der Waals surface area contributed by atoms with Gasteiger partial charge in [0.05, 0.1) is 11.1 Å². The van der Waals surface area contributed by atoms with Gasteiger partial charge in [-0.3, -0.25) is 4.18 Å². The summed E-state index contributed by atoms with van der Waals surface area (Å²) in [5, 5.41) is 1.86. The highest BCUT2D eigenvalue weighted by molar-refractivity contribution is 7.86. The van der Waals surface area contributed by atoms with Crippen LogP contribution < -0.4 is 0 Å². The van der Waals surface area contributed by atoms with Crippen LogP contribution in [0.3, 0.4) is 0 Å². The molecule has 5 nitrogen and oxygen atoms in total. The maximum absolute atomic E-state index is 11.2. The molecule has 1 atom stereocenters. The van der Waals surface area contributed by atoms with Gasteiger partial charge in [0, 0.05) is 14.2 Å². The highest BCUT2D eigenvalue weighted by atomic mass is 32.2. The Hall–Kier alpha value is -0.470. The van der Waals surface area contributed by atoms with E-state index in [-0.39, 0.29) is 0 Å². The summed E-state index contributed by atoms with van der Waals surface area (Å²) >= 11 is 1.41. The van der Waals surface area contributed by atoms with Crippen molar-refractivity contribution < 1.29 is 22.1 Å². The molecule has 0 saturated carbocycles. The molecular weight excluding hydrogens is 264 g/mol. The molecule has 0 saturated heterocycles. The largest absolute Gasteiger partial charge is 0.347 e. The van der Waals surface area contributed by atoms with Gasteiger partial charge in [-0.15, -0.1) is 11.3 Å². The maximum atomic E-state index is 11.2. The van der Waals surface area contributed by atoms with E-state index in [1.807, 2.05) is 11.4 Å². The van der Waals surface area contributed by atoms with E-state index in [1.165, 1.54) is 25.6 Å².